The van der Waals surface area contributed by atoms with E-state index in [0.717, 1.165) is 31.6 Å². The van der Waals surface area contributed by atoms with Crippen LogP contribution < -0.4 is 5.32 Å². The molecule has 2 atom stereocenters. The third-order valence-corrected chi connectivity index (χ3v) is 4.79. The number of likely N-dealkylation sites (tertiary alicyclic amines) is 1. The van der Waals surface area contributed by atoms with Crippen LogP contribution in [0.15, 0.2) is 42.6 Å². The zero-order chi connectivity index (χ0) is 16.9. The first-order valence-corrected chi connectivity index (χ1v) is 8.45. The second kappa shape index (κ2) is 7.64. The van der Waals surface area contributed by atoms with Crippen molar-refractivity contribution in [2.75, 3.05) is 20.2 Å². The lowest BCUT2D eigenvalue weighted by Crippen LogP contribution is -2.33. The number of H-pyrrole nitrogens is 1. The molecular formula is C19H25N3O2. The third kappa shape index (κ3) is 3.86. The highest BCUT2D eigenvalue weighted by atomic mass is 16.5. The first-order valence-electron chi connectivity index (χ1n) is 8.45. The molecule has 5 heteroatoms. The van der Waals surface area contributed by atoms with Crippen molar-refractivity contribution in [1.82, 2.24) is 15.2 Å². The van der Waals surface area contributed by atoms with Gasteiger partial charge in [0, 0.05) is 37.9 Å². The highest BCUT2D eigenvalue weighted by Gasteiger charge is 2.26. The molecule has 2 N–H and O–H groups in total. The lowest BCUT2D eigenvalue weighted by Gasteiger charge is -2.24. The van der Waals surface area contributed by atoms with Crippen LogP contribution in [0.4, 0.5) is 0 Å². The van der Waals surface area contributed by atoms with Crippen LogP contribution in [0.2, 0.25) is 0 Å². The number of ether oxygens (including phenoxy) is 1. The van der Waals surface area contributed by atoms with Gasteiger partial charge in [-0.2, -0.15) is 0 Å². The van der Waals surface area contributed by atoms with Gasteiger partial charge in [0.15, 0.2) is 0 Å². The Morgan fingerprint density at radius 1 is 1.42 bits per heavy atom. The second-order valence-electron chi connectivity index (χ2n) is 6.36. The van der Waals surface area contributed by atoms with Gasteiger partial charge in [-0.05, 0) is 30.5 Å². The molecule has 3 rings (SSSR count). The van der Waals surface area contributed by atoms with Crippen molar-refractivity contribution in [3.05, 3.63) is 59.4 Å². The van der Waals surface area contributed by atoms with E-state index in [2.05, 4.69) is 52.5 Å². The van der Waals surface area contributed by atoms with E-state index in [1.807, 2.05) is 12.3 Å². The van der Waals surface area contributed by atoms with Crippen LogP contribution in [-0.2, 0) is 11.3 Å². The Morgan fingerprint density at radius 2 is 2.21 bits per heavy atom. The van der Waals surface area contributed by atoms with Gasteiger partial charge in [0.25, 0.3) is 0 Å². The van der Waals surface area contributed by atoms with Crippen LogP contribution in [0.1, 0.15) is 41.0 Å². The SMILES string of the molecule is COC(=O)c1cc(CN[C@@H]2CCN([C@@H](C)c3ccccc3)C2)c[nH]1. The van der Waals surface area contributed by atoms with E-state index in [9.17, 15) is 4.79 Å². The molecule has 1 fully saturated rings. The predicted molar refractivity (Wildman–Crippen MR) is 93.8 cm³/mol. The molecule has 0 unspecified atom stereocenters. The maximum absolute atomic E-state index is 11.5. The zero-order valence-electron chi connectivity index (χ0n) is 14.3. The lowest BCUT2D eigenvalue weighted by atomic mass is 10.1. The molecule has 128 valence electrons. The minimum Gasteiger partial charge on any atom is -0.464 e. The Hall–Kier alpha value is -2.11. The van der Waals surface area contributed by atoms with Crippen molar-refractivity contribution in [3.63, 3.8) is 0 Å². The number of hydrogen-bond acceptors (Lipinski definition) is 4. The number of carbonyl (C=O) groups excluding carboxylic acids is 1. The van der Waals surface area contributed by atoms with E-state index in [4.69, 9.17) is 4.74 Å². The normalized spacial score (nSPS) is 19.3. The molecule has 0 saturated carbocycles. The molecule has 5 nitrogen and oxygen atoms in total. The number of rotatable bonds is 6. The van der Waals surface area contributed by atoms with Crippen LogP contribution in [0.5, 0.6) is 0 Å². The van der Waals surface area contributed by atoms with Gasteiger partial charge in [-0.15, -0.1) is 0 Å². The van der Waals surface area contributed by atoms with Crippen molar-refractivity contribution in [2.45, 2.75) is 32.0 Å². The van der Waals surface area contributed by atoms with Gasteiger partial charge in [-0.3, -0.25) is 4.90 Å². The third-order valence-electron chi connectivity index (χ3n) is 4.79. The quantitative estimate of drug-likeness (QED) is 0.801. The van der Waals surface area contributed by atoms with Crippen LogP contribution in [0.3, 0.4) is 0 Å². The Balaban J connectivity index is 1.49. The smallest absolute Gasteiger partial charge is 0.354 e. The number of benzene rings is 1. The average molecular weight is 327 g/mol. The van der Waals surface area contributed by atoms with Crippen molar-refractivity contribution in [3.8, 4) is 0 Å². The number of carbonyl (C=O) groups is 1. The van der Waals surface area contributed by atoms with Crippen LogP contribution in [0.25, 0.3) is 0 Å². The Bertz CT molecular complexity index is 668. The standard InChI is InChI=1S/C19H25N3O2/c1-14(16-6-4-3-5-7-16)22-9-8-17(13-22)20-11-15-10-18(21-12-15)19(23)24-2/h3-7,10,12,14,17,20-21H,8-9,11,13H2,1-2H3/t14-,17+/m0/s1. The number of aromatic nitrogens is 1. The average Bonchev–Trinajstić information content (AvgIpc) is 3.29. The Kier molecular flexibility index (Phi) is 5.33. The topological polar surface area (TPSA) is 57.4 Å². The highest BCUT2D eigenvalue weighted by molar-refractivity contribution is 5.87. The summed E-state index contributed by atoms with van der Waals surface area (Å²) in [5.74, 6) is -0.329. The van der Waals surface area contributed by atoms with Crippen molar-refractivity contribution in [1.29, 1.82) is 0 Å². The largest absolute Gasteiger partial charge is 0.464 e. The van der Waals surface area contributed by atoms with Crippen molar-refractivity contribution < 1.29 is 9.53 Å². The summed E-state index contributed by atoms with van der Waals surface area (Å²) in [6, 6.07) is 13.4. The molecule has 1 aliphatic rings. The molecule has 1 saturated heterocycles. The predicted octanol–water partition coefficient (Wildman–Crippen LogP) is 2.73. The van der Waals surface area contributed by atoms with E-state index in [1.165, 1.54) is 12.7 Å². The second-order valence-corrected chi connectivity index (χ2v) is 6.36. The van der Waals surface area contributed by atoms with E-state index in [-0.39, 0.29) is 5.97 Å². The van der Waals surface area contributed by atoms with Gasteiger partial charge in [0.2, 0.25) is 0 Å². The number of methoxy groups -OCH3 is 1. The van der Waals surface area contributed by atoms with Gasteiger partial charge in [0.05, 0.1) is 7.11 Å². The number of hydrogen-bond donors (Lipinski definition) is 2. The molecule has 0 aliphatic carbocycles. The monoisotopic (exact) mass is 327 g/mol. The van der Waals surface area contributed by atoms with Crippen molar-refractivity contribution >= 4 is 5.97 Å². The maximum Gasteiger partial charge on any atom is 0.354 e. The summed E-state index contributed by atoms with van der Waals surface area (Å²) in [5, 5.41) is 3.59. The summed E-state index contributed by atoms with van der Waals surface area (Å²) in [7, 11) is 1.39. The highest BCUT2D eigenvalue weighted by Crippen LogP contribution is 2.24. The summed E-state index contributed by atoms with van der Waals surface area (Å²) in [6.07, 6.45) is 3.00. The van der Waals surface area contributed by atoms with Gasteiger partial charge >= 0.3 is 5.97 Å². The zero-order valence-corrected chi connectivity index (χ0v) is 14.3. The van der Waals surface area contributed by atoms with Crippen molar-refractivity contribution in [2.24, 2.45) is 0 Å². The number of esters is 1. The summed E-state index contributed by atoms with van der Waals surface area (Å²) >= 11 is 0. The molecule has 0 amide bonds. The van der Waals surface area contributed by atoms with Crippen LogP contribution in [-0.4, -0.2) is 42.1 Å². The fraction of sp³-hybridized carbons (Fsp3) is 0.421. The summed E-state index contributed by atoms with van der Waals surface area (Å²) < 4.78 is 4.71. The first-order chi connectivity index (χ1) is 11.7. The summed E-state index contributed by atoms with van der Waals surface area (Å²) in [4.78, 5) is 16.9. The molecule has 1 aromatic carbocycles. The molecule has 2 aromatic rings. The summed E-state index contributed by atoms with van der Waals surface area (Å²) in [5.41, 5.74) is 2.94. The Labute approximate surface area is 143 Å². The fourth-order valence-electron chi connectivity index (χ4n) is 3.28. The Morgan fingerprint density at radius 3 is 2.96 bits per heavy atom. The van der Waals surface area contributed by atoms with E-state index < -0.39 is 0 Å². The molecule has 0 radical (unpaired) electrons. The minimum atomic E-state index is -0.329. The van der Waals surface area contributed by atoms with Gasteiger partial charge in [0.1, 0.15) is 5.69 Å². The van der Waals surface area contributed by atoms with Gasteiger partial charge in [-0.25, -0.2) is 4.79 Å². The number of aromatic amines is 1. The van der Waals surface area contributed by atoms with Crippen LogP contribution in [0, 0.1) is 0 Å². The van der Waals surface area contributed by atoms with Crippen LogP contribution >= 0.6 is 0 Å². The summed E-state index contributed by atoms with van der Waals surface area (Å²) in [6.45, 7) is 5.18. The molecule has 0 spiro atoms. The molecule has 1 aromatic heterocycles. The van der Waals surface area contributed by atoms with E-state index >= 15 is 0 Å². The first kappa shape index (κ1) is 16.7. The van der Waals surface area contributed by atoms with Gasteiger partial charge in [-0.1, -0.05) is 30.3 Å². The number of nitrogens with one attached hydrogen (secondary N) is 2. The fourth-order valence-corrected chi connectivity index (χ4v) is 3.28. The number of nitrogens with zero attached hydrogens (tertiary/aromatic N) is 1. The minimum absolute atomic E-state index is 0.329. The van der Waals surface area contributed by atoms with Gasteiger partial charge < -0.3 is 15.0 Å². The molecule has 1 aliphatic heterocycles. The molecule has 2 heterocycles. The molecule has 24 heavy (non-hydrogen) atoms. The molecule has 0 bridgehead atoms. The maximum atomic E-state index is 11.5. The van der Waals surface area contributed by atoms with E-state index in [0.29, 0.717) is 17.8 Å². The molecular weight excluding hydrogens is 302 g/mol. The lowest BCUT2D eigenvalue weighted by molar-refractivity contribution is 0.0595. The van der Waals surface area contributed by atoms with E-state index in [1.54, 1.807) is 0 Å².